The molecule has 2 heterocycles. The van der Waals surface area contributed by atoms with E-state index < -0.39 is 22.0 Å². The zero-order chi connectivity index (χ0) is 24.7. The van der Waals surface area contributed by atoms with Crippen molar-refractivity contribution in [2.75, 3.05) is 32.9 Å². The van der Waals surface area contributed by atoms with Gasteiger partial charge in [-0.2, -0.15) is 4.31 Å². The second-order valence-electron chi connectivity index (χ2n) is 9.36. The lowest BCUT2D eigenvalue weighted by molar-refractivity contribution is -0.124. The Morgan fingerprint density at radius 1 is 1.12 bits per heavy atom. The van der Waals surface area contributed by atoms with E-state index in [1.165, 1.54) is 16.4 Å². The average molecular weight is 496 g/mol. The number of hydrogen-bond acceptors (Lipinski definition) is 6. The Balaban J connectivity index is 1.62. The van der Waals surface area contributed by atoms with Gasteiger partial charge in [0.05, 0.1) is 24.2 Å². The molecule has 2 saturated heterocycles. The normalized spacial score (nSPS) is 21.2. The molecule has 34 heavy (non-hydrogen) atoms. The minimum absolute atomic E-state index is 0.0446. The summed E-state index contributed by atoms with van der Waals surface area (Å²) in [6.45, 7) is 7.72. The number of amides is 2. The van der Waals surface area contributed by atoms with E-state index in [0.717, 1.165) is 32.3 Å². The number of benzene rings is 1. The molecule has 2 aliphatic heterocycles. The zero-order valence-electron chi connectivity index (χ0n) is 20.3. The lowest BCUT2D eigenvalue weighted by atomic mass is 10.0. The zero-order valence-corrected chi connectivity index (χ0v) is 21.1. The molecular formula is C24H37N3O6S. The minimum atomic E-state index is -3.72. The molecule has 2 amide bonds. The third kappa shape index (κ3) is 7.00. The molecule has 190 valence electrons. The quantitative estimate of drug-likeness (QED) is 0.513. The number of hydrogen-bond donors (Lipinski definition) is 2. The van der Waals surface area contributed by atoms with Gasteiger partial charge in [-0.1, -0.05) is 19.9 Å². The highest BCUT2D eigenvalue weighted by Gasteiger charge is 2.29. The topological polar surface area (TPSA) is 114 Å². The summed E-state index contributed by atoms with van der Waals surface area (Å²) in [4.78, 5) is 25.9. The van der Waals surface area contributed by atoms with Crippen LogP contribution in [0.1, 0.15) is 56.8 Å². The van der Waals surface area contributed by atoms with Gasteiger partial charge >= 0.3 is 0 Å². The average Bonchev–Trinajstić information content (AvgIpc) is 3.35. The molecule has 0 radical (unpaired) electrons. The summed E-state index contributed by atoms with van der Waals surface area (Å²) in [6, 6.07) is 5.14. The van der Waals surface area contributed by atoms with Crippen molar-refractivity contribution in [3.8, 4) is 0 Å². The SMILES string of the molecule is CC(CCC1CCCO1)NC(=O)C(NC(=O)c1cccc(S(=O)(=O)N2CCOCC2)c1)C(C)C. The first-order chi connectivity index (χ1) is 16.2. The number of rotatable bonds is 10. The Kier molecular flexibility index (Phi) is 9.47. The van der Waals surface area contributed by atoms with Crippen LogP contribution in [0.2, 0.25) is 0 Å². The van der Waals surface area contributed by atoms with E-state index in [1.54, 1.807) is 12.1 Å². The number of morpholine rings is 1. The maximum atomic E-state index is 13.0. The minimum Gasteiger partial charge on any atom is -0.379 e. The molecule has 0 aliphatic carbocycles. The smallest absolute Gasteiger partial charge is 0.251 e. The molecule has 3 atom stereocenters. The van der Waals surface area contributed by atoms with Crippen LogP contribution in [0.25, 0.3) is 0 Å². The van der Waals surface area contributed by atoms with Crippen molar-refractivity contribution in [3.05, 3.63) is 29.8 Å². The van der Waals surface area contributed by atoms with Crippen LogP contribution in [0, 0.1) is 5.92 Å². The van der Waals surface area contributed by atoms with Gasteiger partial charge in [0.25, 0.3) is 5.91 Å². The van der Waals surface area contributed by atoms with Crippen LogP contribution in [0.4, 0.5) is 0 Å². The van der Waals surface area contributed by atoms with Crippen molar-refractivity contribution < 1.29 is 27.5 Å². The van der Waals surface area contributed by atoms with Gasteiger partial charge < -0.3 is 20.1 Å². The highest BCUT2D eigenvalue weighted by Crippen LogP contribution is 2.19. The predicted molar refractivity (Wildman–Crippen MR) is 128 cm³/mol. The summed E-state index contributed by atoms with van der Waals surface area (Å²) in [7, 11) is -3.72. The van der Waals surface area contributed by atoms with Crippen molar-refractivity contribution in [1.29, 1.82) is 0 Å². The molecule has 1 aromatic rings. The summed E-state index contributed by atoms with van der Waals surface area (Å²) < 4.78 is 38.1. The number of nitrogens with zero attached hydrogens (tertiary/aromatic N) is 1. The third-order valence-corrected chi connectivity index (χ3v) is 8.17. The van der Waals surface area contributed by atoms with Crippen LogP contribution < -0.4 is 10.6 Å². The fraction of sp³-hybridized carbons (Fsp3) is 0.667. The largest absolute Gasteiger partial charge is 0.379 e. The second-order valence-corrected chi connectivity index (χ2v) is 11.3. The van der Waals surface area contributed by atoms with Crippen molar-refractivity contribution in [1.82, 2.24) is 14.9 Å². The van der Waals surface area contributed by atoms with Crippen LogP contribution in [0.3, 0.4) is 0 Å². The molecule has 9 nitrogen and oxygen atoms in total. The number of carbonyl (C=O) groups excluding carboxylic acids is 2. The fourth-order valence-electron chi connectivity index (χ4n) is 4.21. The molecule has 3 unspecified atom stereocenters. The first-order valence-electron chi connectivity index (χ1n) is 12.1. The molecular weight excluding hydrogens is 458 g/mol. The summed E-state index contributed by atoms with van der Waals surface area (Å²) >= 11 is 0. The van der Waals surface area contributed by atoms with E-state index in [4.69, 9.17) is 9.47 Å². The van der Waals surface area contributed by atoms with Crippen LogP contribution >= 0.6 is 0 Å². The van der Waals surface area contributed by atoms with E-state index in [1.807, 2.05) is 20.8 Å². The third-order valence-electron chi connectivity index (χ3n) is 6.27. The number of sulfonamides is 1. The fourth-order valence-corrected chi connectivity index (χ4v) is 5.66. The molecule has 0 spiro atoms. The van der Waals surface area contributed by atoms with Gasteiger partial charge in [0.1, 0.15) is 6.04 Å². The Bertz CT molecular complexity index is 940. The highest BCUT2D eigenvalue weighted by molar-refractivity contribution is 7.89. The van der Waals surface area contributed by atoms with Crippen LogP contribution in [-0.2, 0) is 24.3 Å². The van der Waals surface area contributed by atoms with Gasteiger partial charge in [-0.15, -0.1) is 0 Å². The second kappa shape index (κ2) is 12.1. The number of ether oxygens (including phenoxy) is 2. The maximum Gasteiger partial charge on any atom is 0.251 e. The van der Waals surface area contributed by atoms with Gasteiger partial charge in [0, 0.05) is 31.3 Å². The lowest BCUT2D eigenvalue weighted by Gasteiger charge is -2.26. The van der Waals surface area contributed by atoms with Crippen molar-refractivity contribution in [3.63, 3.8) is 0 Å². The Morgan fingerprint density at radius 3 is 2.50 bits per heavy atom. The highest BCUT2D eigenvalue weighted by atomic mass is 32.2. The molecule has 3 rings (SSSR count). The van der Waals surface area contributed by atoms with Crippen molar-refractivity contribution >= 4 is 21.8 Å². The van der Waals surface area contributed by atoms with Gasteiger partial charge in [-0.3, -0.25) is 9.59 Å². The number of nitrogens with one attached hydrogen (secondary N) is 2. The van der Waals surface area contributed by atoms with Gasteiger partial charge in [-0.05, 0) is 56.7 Å². The van der Waals surface area contributed by atoms with Crippen LogP contribution in [0.15, 0.2) is 29.2 Å². The van der Waals surface area contributed by atoms with Crippen LogP contribution in [-0.4, -0.2) is 75.6 Å². The summed E-state index contributed by atoms with van der Waals surface area (Å²) in [5.74, 6) is -0.880. The molecule has 2 fully saturated rings. The van der Waals surface area contributed by atoms with Crippen LogP contribution in [0.5, 0.6) is 0 Å². The van der Waals surface area contributed by atoms with Crippen molar-refractivity contribution in [2.45, 2.75) is 69.5 Å². The molecule has 2 N–H and O–H groups in total. The van der Waals surface area contributed by atoms with E-state index in [9.17, 15) is 18.0 Å². The maximum absolute atomic E-state index is 13.0. The molecule has 2 aliphatic rings. The molecule has 1 aromatic carbocycles. The molecule has 0 bridgehead atoms. The monoisotopic (exact) mass is 495 g/mol. The molecule has 0 saturated carbocycles. The standard InChI is InChI=1S/C24H37N3O6S/c1-17(2)22(24(29)25-18(3)9-10-20-7-5-13-33-20)26-23(28)19-6-4-8-21(16-19)34(30,31)27-11-14-32-15-12-27/h4,6,8,16-18,20,22H,5,7,9-15H2,1-3H3,(H,25,29)(H,26,28). The van der Waals surface area contributed by atoms with E-state index >= 15 is 0 Å². The van der Waals surface area contributed by atoms with Gasteiger partial charge in [0.15, 0.2) is 0 Å². The molecule has 0 aromatic heterocycles. The first kappa shape index (κ1) is 26.6. The Morgan fingerprint density at radius 2 is 1.85 bits per heavy atom. The predicted octanol–water partition coefficient (Wildman–Crippen LogP) is 1.93. The Labute approximate surface area is 202 Å². The summed E-state index contributed by atoms with van der Waals surface area (Å²) in [6.07, 6.45) is 4.11. The van der Waals surface area contributed by atoms with E-state index in [2.05, 4.69) is 10.6 Å². The van der Waals surface area contributed by atoms with Gasteiger partial charge in [-0.25, -0.2) is 8.42 Å². The lowest BCUT2D eigenvalue weighted by Crippen LogP contribution is -2.51. The van der Waals surface area contributed by atoms with Crippen molar-refractivity contribution in [2.24, 2.45) is 5.92 Å². The Hall–Kier alpha value is -2.01. The number of carbonyl (C=O) groups is 2. The van der Waals surface area contributed by atoms with E-state index in [0.29, 0.717) is 13.2 Å². The van der Waals surface area contributed by atoms with Gasteiger partial charge in [0.2, 0.25) is 15.9 Å². The molecule has 10 heteroatoms. The summed E-state index contributed by atoms with van der Waals surface area (Å²) in [5.41, 5.74) is 0.194. The summed E-state index contributed by atoms with van der Waals surface area (Å²) in [5, 5.41) is 5.79. The first-order valence-corrected chi connectivity index (χ1v) is 13.5. The van der Waals surface area contributed by atoms with E-state index in [-0.39, 0.29) is 47.5 Å².